The number of alkyl halides is 4. The lowest BCUT2D eigenvalue weighted by Gasteiger charge is -2.15. The second kappa shape index (κ2) is 3.69. The van der Waals surface area contributed by atoms with Crippen LogP contribution in [0.2, 0.25) is 0 Å². The highest BCUT2D eigenvalue weighted by Gasteiger charge is 2.38. The molecule has 0 saturated heterocycles. The summed E-state index contributed by atoms with van der Waals surface area (Å²) < 4.78 is -1.48. The third-order valence-electron chi connectivity index (χ3n) is 0.559. The smallest absolute Gasteiger partial charge is 0.333 e. The van der Waals surface area contributed by atoms with E-state index in [0.29, 0.717) is 0 Å². The number of aliphatic carboxylic acids is 1. The van der Waals surface area contributed by atoms with Crippen molar-refractivity contribution in [2.45, 2.75) is 6.97 Å². The number of carboxylic acids is 1. The van der Waals surface area contributed by atoms with E-state index in [-0.39, 0.29) is 3.74 Å². The molecule has 0 aromatic rings. The number of carbonyl (C=O) groups is 1. The van der Waals surface area contributed by atoms with Gasteiger partial charge in [-0.15, -0.1) is 0 Å². The Kier molecular flexibility index (Phi) is 4.26. The van der Waals surface area contributed by atoms with Crippen LogP contribution in [0.1, 0.15) is 0 Å². The zero-order valence-corrected chi connectivity index (χ0v) is 10.3. The summed E-state index contributed by atoms with van der Waals surface area (Å²) in [4.78, 5) is 10.3. The van der Waals surface area contributed by atoms with Crippen LogP contribution in [-0.2, 0) is 4.79 Å². The van der Waals surface area contributed by atoms with Crippen molar-refractivity contribution in [1.29, 1.82) is 0 Å². The second-order valence-corrected chi connectivity index (χ2v) is 7.85. The first-order valence-corrected chi connectivity index (χ1v) is 5.20. The lowest BCUT2D eigenvalue weighted by molar-refractivity contribution is -0.136. The lowest BCUT2D eigenvalue weighted by atomic mass is 10.5. The molecule has 1 N–H and O–H groups in total. The van der Waals surface area contributed by atoms with Crippen LogP contribution in [0, 0.1) is 0 Å². The predicted octanol–water partition coefficient (Wildman–Crippen LogP) is 2.67. The van der Waals surface area contributed by atoms with Gasteiger partial charge in [-0.3, -0.25) is 0 Å². The van der Waals surface area contributed by atoms with Gasteiger partial charge in [-0.2, -0.15) is 0 Å². The van der Waals surface area contributed by atoms with E-state index in [9.17, 15) is 4.79 Å². The van der Waals surface area contributed by atoms with Gasteiger partial charge in [0.25, 0.3) is 0 Å². The Labute approximate surface area is 85.9 Å². The molecule has 9 heavy (non-hydrogen) atoms. The Balaban J connectivity index is 4.19. The van der Waals surface area contributed by atoms with Crippen molar-refractivity contribution in [3.8, 4) is 0 Å². The van der Waals surface area contributed by atoms with Crippen LogP contribution in [0.3, 0.4) is 0 Å². The van der Waals surface area contributed by atoms with Crippen molar-refractivity contribution in [2.75, 3.05) is 0 Å². The minimum Gasteiger partial charge on any atom is -0.480 e. The zero-order valence-electron chi connectivity index (χ0n) is 3.94. The molecule has 0 aliphatic rings. The van der Waals surface area contributed by atoms with Crippen LogP contribution in [0.4, 0.5) is 0 Å². The van der Waals surface area contributed by atoms with Gasteiger partial charge in [0.05, 0.1) is 0 Å². The van der Waals surface area contributed by atoms with E-state index in [4.69, 9.17) is 5.11 Å². The molecule has 54 valence electrons. The molecule has 0 saturated carbocycles. The molecule has 6 heteroatoms. The first-order valence-electron chi connectivity index (χ1n) is 1.78. The Hall–Kier alpha value is 1.39. The quantitative estimate of drug-likeness (QED) is 0.737. The number of carboxylic acid groups (broad SMARTS) is 1. The van der Waals surface area contributed by atoms with Crippen molar-refractivity contribution < 1.29 is 9.90 Å². The fourth-order valence-corrected chi connectivity index (χ4v) is 0.485. The van der Waals surface area contributed by atoms with E-state index >= 15 is 0 Å². The molecule has 0 aromatic heterocycles. The fourth-order valence-electron chi connectivity index (χ4n) is 0.0933. The van der Waals surface area contributed by atoms with E-state index in [1.54, 1.807) is 0 Å². The fraction of sp³-hybridized carbons (Fsp3) is 0.667. The predicted molar refractivity (Wildman–Crippen MR) is 49.9 cm³/mol. The van der Waals surface area contributed by atoms with Gasteiger partial charge in [-0.25, -0.2) is 4.79 Å². The van der Waals surface area contributed by atoms with Crippen LogP contribution in [0.5, 0.6) is 0 Å². The van der Waals surface area contributed by atoms with Crippen molar-refractivity contribution in [3.05, 3.63) is 0 Å². The molecule has 2 nitrogen and oxygen atoms in total. The highest BCUT2D eigenvalue weighted by atomic mass is 79.9. The first kappa shape index (κ1) is 10.4. The van der Waals surface area contributed by atoms with E-state index in [1.807, 2.05) is 0 Å². The van der Waals surface area contributed by atoms with Crippen molar-refractivity contribution in [3.63, 3.8) is 0 Å². The largest absolute Gasteiger partial charge is 0.480 e. The molecule has 0 aliphatic heterocycles. The van der Waals surface area contributed by atoms with Crippen LogP contribution in [0.15, 0.2) is 0 Å². The minimum absolute atomic E-state index is 0.352. The Morgan fingerprint density at radius 2 is 1.78 bits per heavy atom. The standard InChI is InChI=1S/C3H2Br4O2/c4-1(5)3(6,7)2(8)9/h1H,(H,8,9). The number of rotatable bonds is 2. The van der Waals surface area contributed by atoms with Gasteiger partial charge in [0.15, 0.2) is 3.23 Å². The summed E-state index contributed by atoms with van der Waals surface area (Å²) in [6.07, 6.45) is 0. The minimum atomic E-state index is -1.12. The lowest BCUT2D eigenvalue weighted by Crippen LogP contribution is -2.30. The van der Waals surface area contributed by atoms with Crippen molar-refractivity contribution in [1.82, 2.24) is 0 Å². The van der Waals surface area contributed by atoms with Crippen molar-refractivity contribution >= 4 is 69.7 Å². The van der Waals surface area contributed by atoms with Crippen LogP contribution < -0.4 is 0 Å². The van der Waals surface area contributed by atoms with E-state index < -0.39 is 9.20 Å². The summed E-state index contributed by atoms with van der Waals surface area (Å²) in [5, 5.41) is 8.46. The zero-order chi connectivity index (χ0) is 7.65. The van der Waals surface area contributed by atoms with Crippen LogP contribution in [-0.4, -0.2) is 18.0 Å². The maximum Gasteiger partial charge on any atom is 0.333 e. The van der Waals surface area contributed by atoms with Gasteiger partial charge in [0.2, 0.25) is 0 Å². The summed E-state index contributed by atoms with van der Waals surface area (Å²) >= 11 is 11.9. The molecule has 0 heterocycles. The Morgan fingerprint density at radius 3 is 1.78 bits per heavy atom. The average molecular weight is 390 g/mol. The normalized spacial score (nSPS) is 12.1. The second-order valence-electron chi connectivity index (χ2n) is 1.23. The molecule has 0 rings (SSSR count). The van der Waals surface area contributed by atoms with E-state index in [2.05, 4.69) is 63.7 Å². The van der Waals surface area contributed by atoms with Gasteiger partial charge >= 0.3 is 5.97 Å². The van der Waals surface area contributed by atoms with Gasteiger partial charge < -0.3 is 5.11 Å². The number of halogens is 4. The van der Waals surface area contributed by atoms with Gasteiger partial charge in [-0.1, -0.05) is 63.7 Å². The summed E-state index contributed by atoms with van der Waals surface area (Å²) in [6, 6.07) is 0. The Morgan fingerprint density at radius 1 is 1.44 bits per heavy atom. The van der Waals surface area contributed by atoms with E-state index in [0.717, 1.165) is 0 Å². The summed E-state index contributed by atoms with van der Waals surface area (Å²) in [5.74, 6) is -0.985. The van der Waals surface area contributed by atoms with Crippen LogP contribution >= 0.6 is 63.7 Å². The molecule has 0 amide bonds. The molecular weight excluding hydrogens is 388 g/mol. The molecule has 0 radical (unpaired) electrons. The molecule has 0 atom stereocenters. The highest BCUT2D eigenvalue weighted by Crippen LogP contribution is 2.38. The Bertz CT molecular complexity index is 121. The van der Waals surface area contributed by atoms with Gasteiger partial charge in [0, 0.05) is 0 Å². The third-order valence-corrected chi connectivity index (χ3v) is 5.98. The van der Waals surface area contributed by atoms with Gasteiger partial charge in [-0.05, 0) is 0 Å². The van der Waals surface area contributed by atoms with Crippen LogP contribution in [0.25, 0.3) is 0 Å². The molecule has 0 unspecified atom stereocenters. The molecule has 0 fully saturated rings. The molecule has 0 aliphatic carbocycles. The van der Waals surface area contributed by atoms with Gasteiger partial charge in [0.1, 0.15) is 3.74 Å². The number of hydrogen-bond donors (Lipinski definition) is 1. The highest BCUT2D eigenvalue weighted by molar-refractivity contribution is 9.30. The SMILES string of the molecule is O=C(O)C(Br)(Br)C(Br)Br. The first-order chi connectivity index (χ1) is 3.89. The summed E-state index contributed by atoms with van der Waals surface area (Å²) in [6.45, 7) is 0. The van der Waals surface area contributed by atoms with E-state index in [1.165, 1.54) is 0 Å². The molecular formula is C3H2Br4O2. The number of hydrogen-bond acceptors (Lipinski definition) is 1. The maximum absolute atomic E-state index is 10.3. The monoisotopic (exact) mass is 386 g/mol. The summed E-state index contributed by atoms with van der Waals surface area (Å²) in [5.41, 5.74) is 0. The van der Waals surface area contributed by atoms with Crippen molar-refractivity contribution in [2.24, 2.45) is 0 Å². The topological polar surface area (TPSA) is 37.3 Å². The average Bonchev–Trinajstić information content (AvgIpc) is 1.65. The molecule has 0 spiro atoms. The maximum atomic E-state index is 10.3. The third kappa shape index (κ3) is 2.86. The molecule has 0 aromatic carbocycles. The molecule has 0 bridgehead atoms. The summed E-state index contributed by atoms with van der Waals surface area (Å²) in [7, 11) is 0.